The Morgan fingerprint density at radius 3 is 2.48 bits per heavy atom. The summed E-state index contributed by atoms with van der Waals surface area (Å²) >= 11 is 6.01. The number of carbonyl (C=O) groups is 1. The third-order valence-corrected chi connectivity index (χ3v) is 5.96. The molecule has 1 amide bonds. The van der Waals surface area contributed by atoms with Gasteiger partial charge in [0.15, 0.2) is 0 Å². The van der Waals surface area contributed by atoms with Crippen LogP contribution in [0.4, 0.5) is 5.69 Å². The minimum Gasteiger partial charge on any atom is -0.492 e. The van der Waals surface area contributed by atoms with E-state index in [1.807, 2.05) is 32.0 Å². The number of sulfonamides is 1. The summed E-state index contributed by atoms with van der Waals surface area (Å²) in [7, 11) is -3.69. The van der Waals surface area contributed by atoms with Gasteiger partial charge in [0.25, 0.3) is 0 Å². The zero-order chi connectivity index (χ0) is 21.6. The Hall–Kier alpha value is -2.25. The number of hydrogen-bond donors (Lipinski definition) is 1. The molecule has 1 atom stereocenters. The van der Waals surface area contributed by atoms with Crippen LogP contribution in [0.15, 0.2) is 42.5 Å². The first kappa shape index (κ1) is 23.0. The Labute approximate surface area is 177 Å². The van der Waals surface area contributed by atoms with Gasteiger partial charge in [-0.25, -0.2) is 8.42 Å². The van der Waals surface area contributed by atoms with Gasteiger partial charge in [0.2, 0.25) is 15.9 Å². The highest BCUT2D eigenvalue weighted by Crippen LogP contribution is 2.25. The number of anilines is 1. The number of halogens is 1. The molecule has 2 aromatic carbocycles. The molecule has 0 aliphatic carbocycles. The number of carbonyl (C=O) groups excluding carboxylic acids is 1. The van der Waals surface area contributed by atoms with Gasteiger partial charge >= 0.3 is 0 Å². The highest BCUT2D eigenvalue weighted by molar-refractivity contribution is 7.92. The van der Waals surface area contributed by atoms with Crippen molar-refractivity contribution in [2.75, 3.05) is 23.7 Å². The maximum absolute atomic E-state index is 12.7. The standard InChI is InChI=1S/C21H27ClN2O4S/c1-5-20(24(29(4,26)27)18-8-6-7-17(22)14-18)21(25)23-11-12-28-19-10-9-15(2)16(3)13-19/h6-10,13-14,20H,5,11-12H2,1-4H3,(H,23,25). The van der Waals surface area contributed by atoms with Crippen molar-refractivity contribution < 1.29 is 17.9 Å². The second kappa shape index (κ2) is 9.98. The van der Waals surface area contributed by atoms with Crippen LogP contribution in [0.25, 0.3) is 0 Å². The van der Waals surface area contributed by atoms with Crippen molar-refractivity contribution in [3.63, 3.8) is 0 Å². The number of rotatable bonds is 9. The van der Waals surface area contributed by atoms with Gasteiger partial charge in [-0.15, -0.1) is 0 Å². The van der Waals surface area contributed by atoms with Crippen LogP contribution < -0.4 is 14.4 Å². The third-order valence-electron chi connectivity index (χ3n) is 4.54. The second-order valence-electron chi connectivity index (χ2n) is 6.85. The third kappa shape index (κ3) is 6.37. The fourth-order valence-corrected chi connectivity index (χ4v) is 4.33. The highest BCUT2D eigenvalue weighted by atomic mass is 35.5. The second-order valence-corrected chi connectivity index (χ2v) is 9.14. The molecule has 0 bridgehead atoms. The number of benzene rings is 2. The van der Waals surface area contributed by atoms with E-state index in [9.17, 15) is 13.2 Å². The lowest BCUT2D eigenvalue weighted by atomic mass is 10.1. The molecule has 1 unspecified atom stereocenters. The summed E-state index contributed by atoms with van der Waals surface area (Å²) in [6, 6.07) is 11.4. The number of aryl methyl sites for hydroxylation is 2. The molecule has 2 aromatic rings. The lowest BCUT2D eigenvalue weighted by Crippen LogP contribution is -2.50. The van der Waals surface area contributed by atoms with Gasteiger partial charge in [-0.05, 0) is 61.7 Å². The number of hydrogen-bond acceptors (Lipinski definition) is 4. The van der Waals surface area contributed by atoms with Gasteiger partial charge in [0.05, 0.1) is 18.5 Å². The summed E-state index contributed by atoms with van der Waals surface area (Å²) in [5.74, 6) is 0.340. The van der Waals surface area contributed by atoms with Crippen molar-refractivity contribution in [2.24, 2.45) is 0 Å². The van der Waals surface area contributed by atoms with Crippen molar-refractivity contribution in [2.45, 2.75) is 33.2 Å². The van der Waals surface area contributed by atoms with Crippen molar-refractivity contribution in [3.05, 3.63) is 58.6 Å². The number of nitrogens with one attached hydrogen (secondary N) is 1. The Morgan fingerprint density at radius 1 is 1.17 bits per heavy atom. The zero-order valence-electron chi connectivity index (χ0n) is 17.1. The van der Waals surface area contributed by atoms with Crippen molar-refractivity contribution in [3.8, 4) is 5.75 Å². The van der Waals surface area contributed by atoms with Gasteiger partial charge in [-0.3, -0.25) is 9.10 Å². The first-order chi connectivity index (χ1) is 13.6. The first-order valence-corrected chi connectivity index (χ1v) is 11.6. The largest absolute Gasteiger partial charge is 0.492 e. The minimum absolute atomic E-state index is 0.259. The molecule has 0 heterocycles. The van der Waals surface area contributed by atoms with Gasteiger partial charge < -0.3 is 10.1 Å². The fraction of sp³-hybridized carbons (Fsp3) is 0.381. The van der Waals surface area contributed by atoms with Crippen LogP contribution in [0.5, 0.6) is 5.75 Å². The normalized spacial score (nSPS) is 12.3. The predicted octanol–water partition coefficient (Wildman–Crippen LogP) is 3.70. The average Bonchev–Trinajstić information content (AvgIpc) is 2.64. The number of ether oxygens (including phenoxy) is 1. The van der Waals surface area contributed by atoms with Crippen LogP contribution in [0.2, 0.25) is 5.02 Å². The molecular weight excluding hydrogens is 412 g/mol. The van der Waals surface area contributed by atoms with Crippen LogP contribution in [0.3, 0.4) is 0 Å². The molecular formula is C21H27ClN2O4S. The van der Waals surface area contributed by atoms with Crippen LogP contribution in [-0.4, -0.2) is 39.8 Å². The Morgan fingerprint density at radius 2 is 1.90 bits per heavy atom. The highest BCUT2D eigenvalue weighted by Gasteiger charge is 2.31. The van der Waals surface area contributed by atoms with Gasteiger partial charge in [0.1, 0.15) is 18.4 Å². The van der Waals surface area contributed by atoms with E-state index in [1.54, 1.807) is 25.1 Å². The fourth-order valence-electron chi connectivity index (χ4n) is 2.94. The lowest BCUT2D eigenvalue weighted by molar-refractivity contribution is -0.122. The van der Waals surface area contributed by atoms with Crippen LogP contribution in [0.1, 0.15) is 24.5 Å². The summed E-state index contributed by atoms with van der Waals surface area (Å²) < 4.78 is 31.6. The predicted molar refractivity (Wildman–Crippen MR) is 117 cm³/mol. The van der Waals surface area contributed by atoms with E-state index in [-0.39, 0.29) is 19.1 Å². The van der Waals surface area contributed by atoms with E-state index < -0.39 is 16.1 Å². The van der Waals surface area contributed by atoms with E-state index in [2.05, 4.69) is 5.32 Å². The van der Waals surface area contributed by atoms with Gasteiger partial charge in [-0.2, -0.15) is 0 Å². The quantitative estimate of drug-likeness (QED) is 0.606. The molecule has 0 radical (unpaired) electrons. The molecule has 8 heteroatoms. The minimum atomic E-state index is -3.69. The summed E-state index contributed by atoms with van der Waals surface area (Å²) in [5.41, 5.74) is 2.66. The summed E-state index contributed by atoms with van der Waals surface area (Å²) in [6.07, 6.45) is 1.39. The smallest absolute Gasteiger partial charge is 0.244 e. The van der Waals surface area contributed by atoms with E-state index in [0.29, 0.717) is 17.1 Å². The van der Waals surface area contributed by atoms with E-state index in [0.717, 1.165) is 21.9 Å². The van der Waals surface area contributed by atoms with Crippen LogP contribution in [0, 0.1) is 13.8 Å². The van der Waals surface area contributed by atoms with E-state index in [1.165, 1.54) is 11.6 Å². The maximum atomic E-state index is 12.7. The number of nitrogens with zero attached hydrogens (tertiary/aromatic N) is 1. The lowest BCUT2D eigenvalue weighted by Gasteiger charge is -2.30. The Bertz CT molecular complexity index is 963. The summed E-state index contributed by atoms with van der Waals surface area (Å²) in [4.78, 5) is 12.7. The van der Waals surface area contributed by atoms with E-state index in [4.69, 9.17) is 16.3 Å². The van der Waals surface area contributed by atoms with Crippen molar-refractivity contribution >= 4 is 33.2 Å². The van der Waals surface area contributed by atoms with Gasteiger partial charge in [-0.1, -0.05) is 30.7 Å². The molecule has 158 valence electrons. The molecule has 0 aliphatic heterocycles. The molecule has 0 saturated heterocycles. The summed E-state index contributed by atoms with van der Waals surface area (Å²) in [6.45, 7) is 6.33. The molecule has 1 N–H and O–H groups in total. The summed E-state index contributed by atoms with van der Waals surface area (Å²) in [5, 5.41) is 3.16. The molecule has 2 rings (SSSR count). The monoisotopic (exact) mass is 438 g/mol. The Kier molecular flexibility index (Phi) is 7.93. The van der Waals surface area contributed by atoms with E-state index >= 15 is 0 Å². The maximum Gasteiger partial charge on any atom is 0.244 e. The number of amides is 1. The van der Waals surface area contributed by atoms with Crippen LogP contribution >= 0.6 is 11.6 Å². The molecule has 6 nitrogen and oxygen atoms in total. The first-order valence-electron chi connectivity index (χ1n) is 9.36. The SMILES string of the molecule is CCC(C(=O)NCCOc1ccc(C)c(C)c1)N(c1cccc(Cl)c1)S(C)(=O)=O. The average molecular weight is 439 g/mol. The molecule has 0 fully saturated rings. The zero-order valence-corrected chi connectivity index (χ0v) is 18.7. The molecule has 0 aromatic heterocycles. The molecule has 29 heavy (non-hydrogen) atoms. The molecule has 0 spiro atoms. The topological polar surface area (TPSA) is 75.7 Å². The molecule has 0 aliphatic rings. The van der Waals surface area contributed by atoms with Crippen LogP contribution in [-0.2, 0) is 14.8 Å². The van der Waals surface area contributed by atoms with Crippen molar-refractivity contribution in [1.82, 2.24) is 5.32 Å². The van der Waals surface area contributed by atoms with Crippen molar-refractivity contribution in [1.29, 1.82) is 0 Å². The molecule has 0 saturated carbocycles. The van der Waals surface area contributed by atoms with Gasteiger partial charge in [0, 0.05) is 5.02 Å². The Balaban J connectivity index is 2.04.